The zero-order chi connectivity index (χ0) is 15.8. The van der Waals surface area contributed by atoms with Crippen molar-refractivity contribution in [3.8, 4) is 0 Å². The summed E-state index contributed by atoms with van der Waals surface area (Å²) < 4.78 is 29.2. The monoisotopic (exact) mass is 325 g/mol. The fourth-order valence-corrected chi connectivity index (χ4v) is 4.14. The predicted octanol–water partition coefficient (Wildman–Crippen LogP) is 0.325. The first-order chi connectivity index (χ1) is 10.5. The second-order valence-electron chi connectivity index (χ2n) is 5.77. The van der Waals surface area contributed by atoms with Crippen molar-refractivity contribution < 1.29 is 13.5 Å². The zero-order valence-corrected chi connectivity index (χ0v) is 13.0. The van der Waals surface area contributed by atoms with Gasteiger partial charge in [0.05, 0.1) is 18.8 Å². The molecule has 2 aromatic rings. The highest BCUT2D eigenvalue weighted by Crippen LogP contribution is 2.50. The Morgan fingerprint density at radius 1 is 1.55 bits per heavy atom. The highest BCUT2D eigenvalue weighted by molar-refractivity contribution is 7.89. The van der Waals surface area contributed by atoms with Crippen LogP contribution in [0.2, 0.25) is 0 Å². The number of rotatable bonds is 6. The molecule has 0 amide bonds. The molecular weight excluding hydrogens is 306 g/mol. The molecule has 3 rings (SSSR count). The van der Waals surface area contributed by atoms with Gasteiger partial charge in [-0.15, -0.1) is 0 Å². The van der Waals surface area contributed by atoms with E-state index in [1.807, 2.05) is 0 Å². The Kier molecular flexibility index (Phi) is 3.79. The lowest BCUT2D eigenvalue weighted by atomic mass is 9.63. The summed E-state index contributed by atoms with van der Waals surface area (Å²) in [7, 11) is -2.02. The van der Waals surface area contributed by atoms with Gasteiger partial charge in [0.15, 0.2) is 0 Å². The predicted molar refractivity (Wildman–Crippen MR) is 78.2 cm³/mol. The number of aromatic nitrogens is 4. The Hall–Kier alpha value is -1.71. The number of nitrogens with zero attached hydrogens (tertiary/aromatic N) is 3. The zero-order valence-electron chi connectivity index (χ0n) is 12.2. The van der Waals surface area contributed by atoms with Crippen molar-refractivity contribution in [1.29, 1.82) is 0 Å². The van der Waals surface area contributed by atoms with Crippen LogP contribution in [0.1, 0.15) is 30.9 Å². The third-order valence-corrected chi connectivity index (χ3v) is 5.61. The molecule has 2 heterocycles. The number of aliphatic hydroxyl groups is 1. The molecule has 3 N–H and O–H groups in total. The number of hydrogen-bond acceptors (Lipinski definition) is 5. The van der Waals surface area contributed by atoms with Gasteiger partial charge >= 0.3 is 0 Å². The molecule has 1 saturated carbocycles. The molecule has 1 aliphatic rings. The lowest BCUT2D eigenvalue weighted by molar-refractivity contribution is 0.0128. The van der Waals surface area contributed by atoms with Crippen molar-refractivity contribution in [1.82, 2.24) is 24.5 Å². The first-order valence-electron chi connectivity index (χ1n) is 7.08. The molecule has 22 heavy (non-hydrogen) atoms. The summed E-state index contributed by atoms with van der Waals surface area (Å²) >= 11 is 0. The van der Waals surface area contributed by atoms with Crippen LogP contribution in [0.5, 0.6) is 0 Å². The highest BCUT2D eigenvalue weighted by Gasteiger charge is 2.46. The van der Waals surface area contributed by atoms with Crippen LogP contribution in [-0.2, 0) is 17.1 Å². The summed E-state index contributed by atoms with van der Waals surface area (Å²) in [5, 5.41) is 13.8. The fourth-order valence-electron chi connectivity index (χ4n) is 2.91. The molecule has 1 fully saturated rings. The summed E-state index contributed by atoms with van der Waals surface area (Å²) in [6.07, 6.45) is 8.75. The van der Waals surface area contributed by atoms with Crippen LogP contribution >= 0.6 is 0 Å². The number of sulfonamides is 1. The maximum Gasteiger partial charge on any atom is 0.274 e. The van der Waals surface area contributed by atoms with Gasteiger partial charge in [0.25, 0.3) is 10.0 Å². The lowest BCUT2D eigenvalue weighted by Gasteiger charge is -2.46. The van der Waals surface area contributed by atoms with Crippen LogP contribution in [0.25, 0.3) is 0 Å². The van der Waals surface area contributed by atoms with Crippen molar-refractivity contribution in [3.63, 3.8) is 0 Å². The minimum Gasteiger partial charge on any atom is -0.396 e. The molecule has 8 nitrogen and oxygen atoms in total. The number of hydrogen-bond donors (Lipinski definition) is 3. The van der Waals surface area contributed by atoms with Crippen LogP contribution in [0.15, 0.2) is 29.9 Å². The van der Waals surface area contributed by atoms with E-state index in [-0.39, 0.29) is 11.8 Å². The van der Waals surface area contributed by atoms with Gasteiger partial charge in [-0.05, 0) is 12.8 Å². The van der Waals surface area contributed by atoms with E-state index in [0.717, 1.165) is 24.8 Å². The van der Waals surface area contributed by atoms with Crippen molar-refractivity contribution in [3.05, 3.63) is 30.4 Å². The standard InChI is InChI=1S/C13H19N5O3S/c1-18-8-10(7-16-18)11(13(9-19)3-2-4-13)17-22(20,21)12-14-5-6-15-12/h5-8,11,17,19H,2-4,9H2,1H3,(H,14,15). The molecule has 9 heteroatoms. The van der Waals surface area contributed by atoms with E-state index in [4.69, 9.17) is 0 Å². The normalized spacial score (nSPS) is 18.8. The van der Waals surface area contributed by atoms with Crippen molar-refractivity contribution in [2.45, 2.75) is 30.5 Å². The average Bonchev–Trinajstić information content (AvgIpc) is 3.07. The molecule has 0 saturated heterocycles. The van der Waals surface area contributed by atoms with Gasteiger partial charge in [0.1, 0.15) is 0 Å². The van der Waals surface area contributed by atoms with E-state index in [2.05, 4.69) is 19.8 Å². The molecule has 0 aliphatic heterocycles. The number of imidazole rings is 1. The van der Waals surface area contributed by atoms with E-state index in [1.54, 1.807) is 24.1 Å². The van der Waals surface area contributed by atoms with Gasteiger partial charge in [-0.25, -0.2) is 18.1 Å². The maximum absolute atomic E-state index is 12.5. The minimum absolute atomic E-state index is 0.0762. The van der Waals surface area contributed by atoms with Crippen LogP contribution in [0, 0.1) is 5.41 Å². The van der Waals surface area contributed by atoms with Crippen molar-refractivity contribution in [2.24, 2.45) is 12.5 Å². The number of aliphatic hydroxyl groups excluding tert-OH is 1. The Balaban J connectivity index is 1.96. The second-order valence-corrected chi connectivity index (χ2v) is 7.40. The summed E-state index contributed by atoms with van der Waals surface area (Å²) in [6.45, 7) is -0.0762. The molecule has 1 aliphatic carbocycles. The quantitative estimate of drug-likeness (QED) is 0.708. The largest absolute Gasteiger partial charge is 0.396 e. The summed E-state index contributed by atoms with van der Waals surface area (Å²) in [5.74, 6) is 0. The van der Waals surface area contributed by atoms with Crippen molar-refractivity contribution >= 4 is 10.0 Å². The molecule has 0 radical (unpaired) electrons. The van der Waals surface area contributed by atoms with E-state index >= 15 is 0 Å². The molecule has 120 valence electrons. The Morgan fingerprint density at radius 3 is 2.77 bits per heavy atom. The third kappa shape index (κ3) is 2.55. The van der Waals surface area contributed by atoms with Crippen molar-refractivity contribution in [2.75, 3.05) is 6.61 Å². The first kappa shape index (κ1) is 15.2. The Morgan fingerprint density at radius 2 is 2.32 bits per heavy atom. The summed E-state index contributed by atoms with van der Waals surface area (Å²) in [5.41, 5.74) is 0.259. The smallest absolute Gasteiger partial charge is 0.274 e. The van der Waals surface area contributed by atoms with Gasteiger partial charge in [-0.3, -0.25) is 4.68 Å². The minimum atomic E-state index is -3.79. The topological polar surface area (TPSA) is 113 Å². The van der Waals surface area contributed by atoms with Crippen LogP contribution in [0.4, 0.5) is 0 Å². The van der Waals surface area contributed by atoms with E-state index in [9.17, 15) is 13.5 Å². The molecule has 0 aromatic carbocycles. The lowest BCUT2D eigenvalue weighted by Crippen LogP contribution is -2.47. The van der Waals surface area contributed by atoms with E-state index in [0.29, 0.717) is 0 Å². The van der Waals surface area contributed by atoms with Gasteiger partial charge in [-0.2, -0.15) is 5.10 Å². The maximum atomic E-state index is 12.5. The van der Waals surface area contributed by atoms with Crippen LogP contribution in [0.3, 0.4) is 0 Å². The SMILES string of the molecule is Cn1cc(C(NS(=O)(=O)c2ncc[nH]2)C2(CO)CCC2)cn1. The molecular formula is C13H19N5O3S. The van der Waals surface area contributed by atoms with E-state index in [1.165, 1.54) is 12.4 Å². The molecule has 0 bridgehead atoms. The highest BCUT2D eigenvalue weighted by atomic mass is 32.2. The molecule has 0 spiro atoms. The Labute approximate surface area is 128 Å². The number of nitrogens with one attached hydrogen (secondary N) is 2. The average molecular weight is 325 g/mol. The Bertz CT molecular complexity index is 728. The first-order valence-corrected chi connectivity index (χ1v) is 8.56. The third-order valence-electron chi connectivity index (χ3n) is 4.34. The van der Waals surface area contributed by atoms with Gasteiger partial charge in [0.2, 0.25) is 5.16 Å². The second kappa shape index (κ2) is 5.49. The fraction of sp³-hybridized carbons (Fsp3) is 0.538. The number of aromatic amines is 1. The summed E-state index contributed by atoms with van der Waals surface area (Å²) in [4.78, 5) is 6.40. The van der Waals surface area contributed by atoms with Gasteiger partial charge < -0.3 is 10.1 Å². The van der Waals surface area contributed by atoms with Gasteiger partial charge in [-0.1, -0.05) is 6.42 Å². The van der Waals surface area contributed by atoms with Crippen LogP contribution in [-0.4, -0.2) is 39.9 Å². The molecule has 1 unspecified atom stereocenters. The molecule has 1 atom stereocenters. The van der Waals surface area contributed by atoms with Gasteiger partial charge in [0, 0.05) is 36.6 Å². The number of aryl methyl sites for hydroxylation is 1. The van der Waals surface area contributed by atoms with E-state index < -0.39 is 21.5 Å². The number of H-pyrrole nitrogens is 1. The summed E-state index contributed by atoms with van der Waals surface area (Å²) in [6, 6.07) is -0.532. The van der Waals surface area contributed by atoms with Crippen LogP contribution < -0.4 is 4.72 Å². The molecule has 2 aromatic heterocycles.